The molecule has 0 aromatic carbocycles. The molecular weight excluding hydrogens is 326 g/mol. The highest BCUT2D eigenvalue weighted by Gasteiger charge is 2.37. The molecule has 0 bridgehead atoms. The van der Waals surface area contributed by atoms with Crippen LogP contribution in [0.4, 0.5) is 0 Å². The molecule has 2 aliphatic heterocycles. The lowest BCUT2D eigenvalue weighted by atomic mass is 9.89. The monoisotopic (exact) mass is 363 g/mol. The average molecular weight is 364 g/mol. The third-order valence-electron chi connectivity index (χ3n) is 6.46. The molecule has 2 amide bonds. The van der Waals surface area contributed by atoms with Crippen LogP contribution in [0.2, 0.25) is 0 Å². The van der Waals surface area contributed by atoms with E-state index in [-0.39, 0.29) is 23.8 Å². The Morgan fingerprint density at radius 3 is 2.35 bits per heavy atom. The molecular formula is C21H37N3O2. The maximum atomic E-state index is 13.1. The lowest BCUT2D eigenvalue weighted by molar-refractivity contribution is -0.145. The van der Waals surface area contributed by atoms with Gasteiger partial charge in [-0.3, -0.25) is 9.59 Å². The van der Waals surface area contributed by atoms with Gasteiger partial charge in [-0.2, -0.15) is 0 Å². The number of amides is 2. The summed E-state index contributed by atoms with van der Waals surface area (Å²) < 4.78 is 0. The summed E-state index contributed by atoms with van der Waals surface area (Å²) in [5.74, 6) is 1.16. The van der Waals surface area contributed by atoms with Crippen molar-refractivity contribution in [2.45, 2.75) is 71.3 Å². The standard InChI is InChI=1S/C21H37N3O2/c1-17(2)20(25)24-13-6-10-19(24)21(26)23-12-7-11-22(14-15-23)16-18-8-4-3-5-9-18/h17-19H,3-16H2,1-2H3/t19-/m0/s1. The fraction of sp³-hybridized carbons (Fsp3) is 0.905. The Morgan fingerprint density at radius 1 is 0.846 bits per heavy atom. The Kier molecular flexibility index (Phi) is 6.96. The molecule has 5 nitrogen and oxygen atoms in total. The third kappa shape index (κ3) is 4.79. The molecule has 3 aliphatic rings. The van der Waals surface area contributed by atoms with Crippen LogP contribution in [0, 0.1) is 11.8 Å². The molecule has 1 atom stereocenters. The van der Waals surface area contributed by atoms with E-state index >= 15 is 0 Å². The topological polar surface area (TPSA) is 43.9 Å². The van der Waals surface area contributed by atoms with Gasteiger partial charge in [-0.1, -0.05) is 33.1 Å². The first kappa shape index (κ1) is 19.7. The number of rotatable bonds is 4. The lowest BCUT2D eigenvalue weighted by Gasteiger charge is -2.31. The van der Waals surface area contributed by atoms with Crippen molar-refractivity contribution in [1.82, 2.24) is 14.7 Å². The van der Waals surface area contributed by atoms with Gasteiger partial charge in [0.25, 0.3) is 0 Å². The van der Waals surface area contributed by atoms with Crippen LogP contribution in [0.25, 0.3) is 0 Å². The highest BCUT2D eigenvalue weighted by molar-refractivity contribution is 5.89. The summed E-state index contributed by atoms with van der Waals surface area (Å²) in [6.07, 6.45) is 9.81. The average Bonchev–Trinajstić information content (AvgIpc) is 3.02. The summed E-state index contributed by atoms with van der Waals surface area (Å²) in [4.78, 5) is 32.0. The molecule has 0 spiro atoms. The minimum absolute atomic E-state index is 0.0291. The van der Waals surface area contributed by atoms with Gasteiger partial charge in [0.1, 0.15) is 6.04 Å². The van der Waals surface area contributed by atoms with E-state index in [2.05, 4.69) is 4.90 Å². The second-order valence-corrected chi connectivity index (χ2v) is 8.83. The van der Waals surface area contributed by atoms with Gasteiger partial charge in [-0.25, -0.2) is 0 Å². The van der Waals surface area contributed by atoms with Gasteiger partial charge in [0.05, 0.1) is 0 Å². The van der Waals surface area contributed by atoms with Crippen molar-refractivity contribution in [2.75, 3.05) is 39.3 Å². The van der Waals surface area contributed by atoms with Crippen LogP contribution in [-0.2, 0) is 9.59 Å². The quantitative estimate of drug-likeness (QED) is 0.771. The van der Waals surface area contributed by atoms with Gasteiger partial charge in [-0.15, -0.1) is 0 Å². The van der Waals surface area contributed by atoms with E-state index in [1.807, 2.05) is 23.6 Å². The third-order valence-corrected chi connectivity index (χ3v) is 6.46. The van der Waals surface area contributed by atoms with Crippen LogP contribution < -0.4 is 0 Å². The zero-order valence-electron chi connectivity index (χ0n) is 16.8. The molecule has 0 aromatic rings. The fourth-order valence-corrected chi connectivity index (χ4v) is 4.94. The SMILES string of the molecule is CC(C)C(=O)N1CCC[C@H]1C(=O)N1CCCN(CC2CCCCC2)CC1. The Hall–Kier alpha value is -1.10. The van der Waals surface area contributed by atoms with Crippen molar-refractivity contribution in [3.05, 3.63) is 0 Å². The molecule has 0 N–H and O–H groups in total. The molecule has 5 heteroatoms. The molecule has 0 aromatic heterocycles. The molecule has 3 fully saturated rings. The normalized spacial score (nSPS) is 26.3. The highest BCUT2D eigenvalue weighted by Crippen LogP contribution is 2.25. The summed E-state index contributed by atoms with van der Waals surface area (Å²) in [7, 11) is 0. The highest BCUT2D eigenvalue weighted by atomic mass is 16.2. The summed E-state index contributed by atoms with van der Waals surface area (Å²) in [6.45, 7) is 9.59. The fourth-order valence-electron chi connectivity index (χ4n) is 4.94. The molecule has 2 saturated heterocycles. The Morgan fingerprint density at radius 2 is 1.62 bits per heavy atom. The number of nitrogens with zero attached hydrogens (tertiary/aromatic N) is 3. The number of hydrogen-bond acceptors (Lipinski definition) is 3. The van der Waals surface area contributed by atoms with Gasteiger partial charge >= 0.3 is 0 Å². The second-order valence-electron chi connectivity index (χ2n) is 8.83. The van der Waals surface area contributed by atoms with E-state index in [9.17, 15) is 9.59 Å². The largest absolute Gasteiger partial charge is 0.340 e. The van der Waals surface area contributed by atoms with Crippen molar-refractivity contribution in [2.24, 2.45) is 11.8 Å². The predicted molar refractivity (Wildman–Crippen MR) is 104 cm³/mol. The van der Waals surface area contributed by atoms with E-state index in [1.165, 1.54) is 38.6 Å². The minimum Gasteiger partial charge on any atom is -0.340 e. The van der Waals surface area contributed by atoms with Gasteiger partial charge < -0.3 is 14.7 Å². The Labute approximate surface area is 159 Å². The maximum absolute atomic E-state index is 13.1. The summed E-state index contributed by atoms with van der Waals surface area (Å²) in [5, 5.41) is 0. The molecule has 1 saturated carbocycles. The van der Waals surface area contributed by atoms with E-state index in [1.54, 1.807) is 0 Å². The molecule has 26 heavy (non-hydrogen) atoms. The summed E-state index contributed by atoms with van der Waals surface area (Å²) in [6, 6.07) is -0.213. The summed E-state index contributed by atoms with van der Waals surface area (Å²) in [5.41, 5.74) is 0. The van der Waals surface area contributed by atoms with Crippen molar-refractivity contribution >= 4 is 11.8 Å². The molecule has 2 heterocycles. The first-order valence-electron chi connectivity index (χ1n) is 10.9. The van der Waals surface area contributed by atoms with E-state index in [4.69, 9.17) is 0 Å². The number of likely N-dealkylation sites (tertiary alicyclic amines) is 1. The van der Waals surface area contributed by atoms with E-state index in [0.29, 0.717) is 0 Å². The number of carbonyl (C=O) groups is 2. The van der Waals surface area contributed by atoms with Crippen LogP contribution in [0.1, 0.15) is 65.2 Å². The number of hydrogen-bond donors (Lipinski definition) is 0. The maximum Gasteiger partial charge on any atom is 0.245 e. The van der Waals surface area contributed by atoms with Crippen molar-refractivity contribution in [3.63, 3.8) is 0 Å². The Bertz CT molecular complexity index is 488. The molecule has 3 rings (SSSR count). The van der Waals surface area contributed by atoms with Crippen LogP contribution in [0.5, 0.6) is 0 Å². The first-order valence-corrected chi connectivity index (χ1v) is 10.9. The minimum atomic E-state index is -0.213. The predicted octanol–water partition coefficient (Wildman–Crippen LogP) is 2.75. The Balaban J connectivity index is 1.53. The van der Waals surface area contributed by atoms with Crippen molar-refractivity contribution in [3.8, 4) is 0 Å². The van der Waals surface area contributed by atoms with E-state index < -0.39 is 0 Å². The van der Waals surface area contributed by atoms with Gasteiger partial charge in [-0.05, 0) is 44.6 Å². The van der Waals surface area contributed by atoms with Gasteiger partial charge in [0.2, 0.25) is 11.8 Å². The number of carbonyl (C=O) groups excluding carboxylic acids is 2. The van der Waals surface area contributed by atoms with Crippen molar-refractivity contribution in [1.29, 1.82) is 0 Å². The zero-order valence-corrected chi connectivity index (χ0v) is 16.8. The van der Waals surface area contributed by atoms with Crippen LogP contribution in [0.3, 0.4) is 0 Å². The summed E-state index contributed by atoms with van der Waals surface area (Å²) >= 11 is 0. The first-order chi connectivity index (χ1) is 12.6. The zero-order chi connectivity index (χ0) is 18.5. The van der Waals surface area contributed by atoms with Crippen LogP contribution in [-0.4, -0.2) is 71.8 Å². The molecule has 0 radical (unpaired) electrons. The smallest absolute Gasteiger partial charge is 0.245 e. The molecule has 148 valence electrons. The van der Waals surface area contributed by atoms with Crippen LogP contribution in [0.15, 0.2) is 0 Å². The molecule has 0 unspecified atom stereocenters. The van der Waals surface area contributed by atoms with Crippen LogP contribution >= 0.6 is 0 Å². The second kappa shape index (κ2) is 9.20. The lowest BCUT2D eigenvalue weighted by Crippen LogP contribution is -2.49. The van der Waals surface area contributed by atoms with Gasteiger partial charge in [0, 0.05) is 38.6 Å². The van der Waals surface area contributed by atoms with E-state index in [0.717, 1.165) is 57.9 Å². The molecule has 1 aliphatic carbocycles. The van der Waals surface area contributed by atoms with Crippen molar-refractivity contribution < 1.29 is 9.59 Å². The van der Waals surface area contributed by atoms with Gasteiger partial charge in [0.15, 0.2) is 0 Å².